The molecule has 1 aromatic heterocycles. The number of nitrogens with one attached hydrogen (secondary N) is 1. The number of hydrogen-bond acceptors (Lipinski definition) is 4. The fourth-order valence-corrected chi connectivity index (χ4v) is 2.62. The Morgan fingerprint density at radius 1 is 1.57 bits per heavy atom. The maximum atomic E-state index is 12.4. The smallest absolute Gasteiger partial charge is 0.312 e. The van der Waals surface area contributed by atoms with Gasteiger partial charge in [0, 0.05) is 38.4 Å². The first-order valence-electron chi connectivity index (χ1n) is 7.03. The topological polar surface area (TPSA) is 119 Å². The van der Waals surface area contributed by atoms with Crippen LogP contribution in [0.25, 0.3) is 0 Å². The fourth-order valence-electron chi connectivity index (χ4n) is 2.62. The van der Waals surface area contributed by atoms with Crippen LogP contribution in [-0.2, 0) is 11.8 Å². The summed E-state index contributed by atoms with van der Waals surface area (Å²) in [7, 11) is 1.78. The van der Waals surface area contributed by atoms with E-state index in [9.17, 15) is 9.59 Å². The number of amides is 3. The lowest BCUT2D eigenvalue weighted by atomic mass is 9.97. The molecule has 116 valence electrons. The monoisotopic (exact) mass is 294 g/mol. The van der Waals surface area contributed by atoms with Crippen LogP contribution in [0.15, 0.2) is 12.4 Å². The lowest BCUT2D eigenvalue weighted by Crippen LogP contribution is -2.47. The molecule has 0 bridgehead atoms. The number of nitrogens with two attached hydrogens (primary N) is 2. The normalized spacial score (nSPS) is 20.1. The van der Waals surface area contributed by atoms with E-state index < -0.39 is 12.1 Å². The van der Waals surface area contributed by atoms with Gasteiger partial charge in [-0.05, 0) is 18.8 Å². The highest BCUT2D eigenvalue weighted by molar-refractivity contribution is 5.83. The van der Waals surface area contributed by atoms with Crippen LogP contribution >= 0.6 is 0 Å². The zero-order valence-electron chi connectivity index (χ0n) is 12.2. The van der Waals surface area contributed by atoms with Crippen molar-refractivity contribution in [1.82, 2.24) is 20.0 Å². The molecule has 0 saturated carbocycles. The second-order valence-corrected chi connectivity index (χ2v) is 5.46. The molecule has 2 rings (SSSR count). The van der Waals surface area contributed by atoms with Gasteiger partial charge in [-0.3, -0.25) is 9.48 Å². The van der Waals surface area contributed by atoms with Crippen LogP contribution in [0, 0.1) is 5.92 Å². The molecule has 1 fully saturated rings. The van der Waals surface area contributed by atoms with Crippen molar-refractivity contribution in [1.29, 1.82) is 0 Å². The highest BCUT2D eigenvalue weighted by Gasteiger charge is 2.28. The van der Waals surface area contributed by atoms with Gasteiger partial charge in [-0.25, -0.2) is 4.79 Å². The number of rotatable bonds is 4. The molecule has 2 heterocycles. The zero-order valence-corrected chi connectivity index (χ0v) is 12.2. The van der Waals surface area contributed by atoms with Gasteiger partial charge >= 0.3 is 6.03 Å². The highest BCUT2D eigenvalue weighted by atomic mass is 16.2. The molecule has 2 unspecified atom stereocenters. The van der Waals surface area contributed by atoms with E-state index in [1.165, 1.54) is 0 Å². The van der Waals surface area contributed by atoms with E-state index in [0.717, 1.165) is 12.8 Å². The van der Waals surface area contributed by atoms with E-state index in [1.54, 1.807) is 29.0 Å². The number of aromatic nitrogens is 2. The minimum atomic E-state index is -0.693. The van der Waals surface area contributed by atoms with E-state index >= 15 is 0 Å². The van der Waals surface area contributed by atoms with Crippen molar-refractivity contribution in [3.63, 3.8) is 0 Å². The molecule has 1 saturated heterocycles. The summed E-state index contributed by atoms with van der Waals surface area (Å²) in [5.74, 6) is 0.114. The summed E-state index contributed by atoms with van der Waals surface area (Å²) in [5.41, 5.74) is 11.8. The number of piperidine rings is 1. The Hall–Kier alpha value is -2.09. The van der Waals surface area contributed by atoms with Crippen molar-refractivity contribution < 1.29 is 9.59 Å². The second-order valence-electron chi connectivity index (χ2n) is 5.46. The van der Waals surface area contributed by atoms with Crippen LogP contribution in [0.5, 0.6) is 0 Å². The number of carbonyl (C=O) groups is 2. The van der Waals surface area contributed by atoms with Crippen LogP contribution in [0.1, 0.15) is 24.4 Å². The fraction of sp³-hybridized carbons (Fsp3) is 0.615. The van der Waals surface area contributed by atoms with Crippen molar-refractivity contribution in [2.24, 2.45) is 24.4 Å². The van der Waals surface area contributed by atoms with Crippen LogP contribution in [0.2, 0.25) is 0 Å². The van der Waals surface area contributed by atoms with Crippen molar-refractivity contribution in [3.05, 3.63) is 18.0 Å². The van der Waals surface area contributed by atoms with Crippen LogP contribution < -0.4 is 16.8 Å². The van der Waals surface area contributed by atoms with Gasteiger partial charge in [-0.2, -0.15) is 5.10 Å². The van der Waals surface area contributed by atoms with Gasteiger partial charge in [0.2, 0.25) is 5.91 Å². The van der Waals surface area contributed by atoms with Crippen LogP contribution in [-0.4, -0.2) is 46.3 Å². The standard InChI is InChI=1S/C13H22N6O2/c1-18-8-10(6-17-18)11(14)12(20)19-4-2-3-9(7-19)5-16-13(15)21/h6,8-9,11H,2-5,7,14H2,1H3,(H3,15,16,21). The third-order valence-electron chi connectivity index (χ3n) is 3.75. The molecule has 0 spiro atoms. The number of likely N-dealkylation sites (tertiary alicyclic amines) is 1. The number of carbonyl (C=O) groups excluding carboxylic acids is 2. The maximum absolute atomic E-state index is 12.4. The molecule has 21 heavy (non-hydrogen) atoms. The van der Waals surface area contributed by atoms with Gasteiger partial charge in [0.15, 0.2) is 0 Å². The first kappa shape index (κ1) is 15.3. The SMILES string of the molecule is Cn1cc(C(N)C(=O)N2CCCC(CNC(N)=O)C2)cn1. The molecule has 8 nitrogen and oxygen atoms in total. The first-order chi connectivity index (χ1) is 9.97. The Labute approximate surface area is 123 Å². The second kappa shape index (κ2) is 6.57. The van der Waals surface area contributed by atoms with E-state index in [1.807, 2.05) is 0 Å². The van der Waals surface area contributed by atoms with Gasteiger partial charge in [0.1, 0.15) is 6.04 Å². The zero-order chi connectivity index (χ0) is 15.4. The maximum Gasteiger partial charge on any atom is 0.312 e. The lowest BCUT2D eigenvalue weighted by Gasteiger charge is -2.34. The molecular weight excluding hydrogens is 272 g/mol. The quantitative estimate of drug-likeness (QED) is 0.682. The third-order valence-corrected chi connectivity index (χ3v) is 3.75. The number of urea groups is 1. The Kier molecular flexibility index (Phi) is 4.79. The highest BCUT2D eigenvalue weighted by Crippen LogP contribution is 2.20. The molecule has 0 aliphatic carbocycles. The largest absolute Gasteiger partial charge is 0.352 e. The molecule has 3 amide bonds. The van der Waals surface area contributed by atoms with E-state index in [2.05, 4.69) is 10.4 Å². The molecule has 5 N–H and O–H groups in total. The summed E-state index contributed by atoms with van der Waals surface area (Å²) < 4.78 is 1.62. The average Bonchev–Trinajstić information content (AvgIpc) is 2.90. The number of nitrogens with zero attached hydrogens (tertiary/aromatic N) is 3. The molecule has 1 aliphatic heterocycles. The Morgan fingerprint density at radius 3 is 2.95 bits per heavy atom. The molecule has 0 radical (unpaired) electrons. The van der Waals surface area contributed by atoms with Crippen molar-refractivity contribution in [3.8, 4) is 0 Å². The summed E-state index contributed by atoms with van der Waals surface area (Å²) >= 11 is 0. The molecular formula is C13H22N6O2. The van der Waals surface area contributed by atoms with E-state index in [4.69, 9.17) is 11.5 Å². The predicted molar refractivity (Wildman–Crippen MR) is 77.0 cm³/mol. The summed E-state index contributed by atoms with van der Waals surface area (Å²) in [5, 5.41) is 6.63. The molecule has 1 aromatic rings. The van der Waals surface area contributed by atoms with E-state index in [0.29, 0.717) is 25.2 Å². The Morgan fingerprint density at radius 2 is 2.33 bits per heavy atom. The molecule has 8 heteroatoms. The van der Waals surface area contributed by atoms with Gasteiger partial charge in [0.25, 0.3) is 0 Å². The first-order valence-corrected chi connectivity index (χ1v) is 7.03. The van der Waals surface area contributed by atoms with Crippen molar-refractivity contribution in [2.45, 2.75) is 18.9 Å². The van der Waals surface area contributed by atoms with Crippen LogP contribution in [0.3, 0.4) is 0 Å². The summed E-state index contributed by atoms with van der Waals surface area (Å²) in [6.07, 6.45) is 5.22. The Bertz CT molecular complexity index is 515. The van der Waals surface area contributed by atoms with Crippen LogP contribution in [0.4, 0.5) is 4.79 Å². The van der Waals surface area contributed by atoms with Gasteiger partial charge < -0.3 is 21.7 Å². The van der Waals surface area contributed by atoms with Gasteiger partial charge in [-0.15, -0.1) is 0 Å². The van der Waals surface area contributed by atoms with Crippen molar-refractivity contribution in [2.75, 3.05) is 19.6 Å². The number of hydrogen-bond donors (Lipinski definition) is 3. The minimum Gasteiger partial charge on any atom is -0.352 e. The molecule has 2 atom stereocenters. The number of aryl methyl sites for hydroxylation is 1. The lowest BCUT2D eigenvalue weighted by molar-refractivity contribution is -0.134. The van der Waals surface area contributed by atoms with E-state index in [-0.39, 0.29) is 11.8 Å². The Balaban J connectivity index is 1.93. The predicted octanol–water partition coefficient (Wildman–Crippen LogP) is -0.673. The number of primary amides is 1. The molecule has 0 aromatic carbocycles. The minimum absolute atomic E-state index is 0.105. The summed E-state index contributed by atoms with van der Waals surface area (Å²) in [6, 6.07) is -1.23. The third kappa shape index (κ3) is 3.94. The van der Waals surface area contributed by atoms with Gasteiger partial charge in [0.05, 0.1) is 6.20 Å². The van der Waals surface area contributed by atoms with Crippen molar-refractivity contribution >= 4 is 11.9 Å². The van der Waals surface area contributed by atoms with Gasteiger partial charge in [-0.1, -0.05) is 0 Å². The summed E-state index contributed by atoms with van der Waals surface area (Å²) in [6.45, 7) is 1.77. The summed E-state index contributed by atoms with van der Waals surface area (Å²) in [4.78, 5) is 25.0. The molecule has 1 aliphatic rings. The average molecular weight is 294 g/mol.